The number of anilines is 1. The lowest BCUT2D eigenvalue weighted by molar-refractivity contribution is 0.406. The molecule has 126 valence electrons. The summed E-state index contributed by atoms with van der Waals surface area (Å²) in [5, 5.41) is 8.47. The van der Waals surface area contributed by atoms with Gasteiger partial charge in [0.1, 0.15) is 17.4 Å². The number of aromatic nitrogens is 4. The maximum absolute atomic E-state index is 6.29. The first-order valence-electron chi connectivity index (χ1n) is 7.41. The smallest absolute Gasteiger partial charge is 0.161 e. The Kier molecular flexibility index (Phi) is 4.64. The van der Waals surface area contributed by atoms with Crippen molar-refractivity contribution in [3.8, 4) is 5.75 Å². The van der Waals surface area contributed by atoms with Gasteiger partial charge in [-0.1, -0.05) is 11.6 Å². The summed E-state index contributed by atoms with van der Waals surface area (Å²) in [6.07, 6.45) is 1.29. The number of benzene rings is 1. The van der Waals surface area contributed by atoms with Crippen LogP contribution in [0.2, 0.25) is 5.02 Å². The first-order valence-corrected chi connectivity index (χ1v) is 8.58. The summed E-state index contributed by atoms with van der Waals surface area (Å²) in [5.41, 5.74) is 9.42. The van der Waals surface area contributed by atoms with Crippen LogP contribution in [-0.4, -0.2) is 27.3 Å². The highest BCUT2D eigenvalue weighted by atomic mass is 79.9. The van der Waals surface area contributed by atoms with Gasteiger partial charge in [0.2, 0.25) is 0 Å². The van der Waals surface area contributed by atoms with Gasteiger partial charge in [-0.3, -0.25) is 5.10 Å². The summed E-state index contributed by atoms with van der Waals surface area (Å²) < 4.78 is 6.38. The average Bonchev–Trinajstić information content (AvgIpc) is 2.92. The molecular weight excluding hydrogens is 394 g/mol. The lowest BCUT2D eigenvalue weighted by Crippen LogP contribution is -2.04. The van der Waals surface area contributed by atoms with Crippen LogP contribution in [-0.2, 0) is 12.8 Å². The molecule has 0 radical (unpaired) electrons. The summed E-state index contributed by atoms with van der Waals surface area (Å²) in [6.45, 7) is 3.81. The molecular formula is C16H17BrClN5O. The molecule has 0 saturated carbocycles. The van der Waals surface area contributed by atoms with Gasteiger partial charge in [-0.15, -0.1) is 0 Å². The van der Waals surface area contributed by atoms with Gasteiger partial charge in [0.25, 0.3) is 0 Å². The van der Waals surface area contributed by atoms with Crippen molar-refractivity contribution in [3.63, 3.8) is 0 Å². The number of nitrogens with zero attached hydrogens (tertiary/aromatic N) is 3. The highest BCUT2D eigenvalue weighted by Crippen LogP contribution is 2.37. The summed E-state index contributed by atoms with van der Waals surface area (Å²) in [5.74, 6) is 1.87. The monoisotopic (exact) mass is 409 g/mol. The molecule has 0 atom stereocenters. The fourth-order valence-corrected chi connectivity index (χ4v) is 3.63. The number of methoxy groups -OCH3 is 1. The van der Waals surface area contributed by atoms with Gasteiger partial charge in [-0.05, 0) is 53.4 Å². The van der Waals surface area contributed by atoms with E-state index in [1.807, 2.05) is 19.9 Å². The number of hydrogen-bond donors (Lipinski definition) is 2. The molecule has 3 aromatic rings. The Morgan fingerprint density at radius 3 is 2.75 bits per heavy atom. The predicted molar refractivity (Wildman–Crippen MR) is 98.7 cm³/mol. The molecule has 2 aromatic heterocycles. The largest absolute Gasteiger partial charge is 0.495 e. The summed E-state index contributed by atoms with van der Waals surface area (Å²) >= 11 is 9.83. The zero-order valence-corrected chi connectivity index (χ0v) is 15.9. The Morgan fingerprint density at radius 2 is 2.04 bits per heavy atom. The third kappa shape index (κ3) is 2.93. The summed E-state index contributed by atoms with van der Waals surface area (Å²) in [7, 11) is 1.64. The number of hydrogen-bond acceptors (Lipinski definition) is 5. The molecule has 0 fully saturated rings. The van der Waals surface area contributed by atoms with Crippen LogP contribution in [0.1, 0.15) is 22.6 Å². The Bertz CT molecular complexity index is 925. The van der Waals surface area contributed by atoms with Gasteiger partial charge in [-0.25, -0.2) is 9.97 Å². The molecule has 2 heterocycles. The number of H-pyrrole nitrogens is 1. The second-order valence-electron chi connectivity index (χ2n) is 5.55. The summed E-state index contributed by atoms with van der Waals surface area (Å²) in [4.78, 5) is 8.88. The lowest BCUT2D eigenvalue weighted by atomic mass is 10.1. The second kappa shape index (κ2) is 6.57. The number of ether oxygens (including phenoxy) is 1. The van der Waals surface area contributed by atoms with Crippen molar-refractivity contribution in [3.05, 3.63) is 38.2 Å². The number of aryl methyl sites for hydroxylation is 3. The first kappa shape index (κ1) is 17.0. The predicted octanol–water partition coefficient (Wildman–Crippen LogP) is 3.76. The van der Waals surface area contributed by atoms with Gasteiger partial charge in [0.05, 0.1) is 22.7 Å². The SMILES string of the molecule is COc1c(CCc2nc(N)c3c(C)n[nH]c3n2)cc(Cl)c(C)c1Br. The zero-order valence-electron chi connectivity index (χ0n) is 13.6. The van der Waals surface area contributed by atoms with Crippen molar-refractivity contribution in [2.24, 2.45) is 0 Å². The fraction of sp³-hybridized carbons (Fsp3) is 0.312. The van der Waals surface area contributed by atoms with Gasteiger partial charge < -0.3 is 10.5 Å². The van der Waals surface area contributed by atoms with Crippen LogP contribution in [0.25, 0.3) is 11.0 Å². The minimum atomic E-state index is 0.441. The number of halogens is 2. The Labute approximate surface area is 152 Å². The average molecular weight is 411 g/mol. The molecule has 0 aliphatic heterocycles. The normalized spacial score (nSPS) is 11.2. The third-order valence-electron chi connectivity index (χ3n) is 3.98. The van der Waals surface area contributed by atoms with Crippen molar-refractivity contribution in [2.45, 2.75) is 26.7 Å². The topological polar surface area (TPSA) is 89.7 Å². The van der Waals surface area contributed by atoms with E-state index in [2.05, 4.69) is 36.1 Å². The molecule has 3 N–H and O–H groups in total. The van der Waals surface area contributed by atoms with Crippen LogP contribution < -0.4 is 10.5 Å². The van der Waals surface area contributed by atoms with E-state index in [1.165, 1.54) is 0 Å². The third-order valence-corrected chi connectivity index (χ3v) is 5.32. The van der Waals surface area contributed by atoms with E-state index in [1.54, 1.807) is 7.11 Å². The van der Waals surface area contributed by atoms with Crippen molar-refractivity contribution in [1.82, 2.24) is 20.2 Å². The number of fused-ring (bicyclic) bond motifs is 1. The highest BCUT2D eigenvalue weighted by molar-refractivity contribution is 9.10. The van der Waals surface area contributed by atoms with Crippen LogP contribution in [0.15, 0.2) is 10.5 Å². The van der Waals surface area contributed by atoms with Crippen molar-refractivity contribution in [1.29, 1.82) is 0 Å². The quantitative estimate of drug-likeness (QED) is 0.683. The molecule has 0 bridgehead atoms. The molecule has 0 amide bonds. The minimum Gasteiger partial charge on any atom is -0.495 e. The highest BCUT2D eigenvalue weighted by Gasteiger charge is 2.15. The van der Waals surface area contributed by atoms with Crippen LogP contribution >= 0.6 is 27.5 Å². The van der Waals surface area contributed by atoms with Gasteiger partial charge >= 0.3 is 0 Å². The lowest BCUT2D eigenvalue weighted by Gasteiger charge is -2.14. The molecule has 0 aliphatic carbocycles. The second-order valence-corrected chi connectivity index (χ2v) is 6.75. The maximum atomic E-state index is 6.29. The fourth-order valence-electron chi connectivity index (χ4n) is 2.66. The standard InChI is InChI=1S/C16H17BrClN5O/c1-7-10(18)6-9(14(24-3)13(7)17)4-5-11-20-15(19)12-8(2)22-23-16(12)21-11/h6H,4-5H2,1-3H3,(H3,19,20,21,22,23). The summed E-state index contributed by atoms with van der Waals surface area (Å²) in [6, 6.07) is 1.92. The van der Waals surface area contributed by atoms with E-state index in [0.29, 0.717) is 35.2 Å². The maximum Gasteiger partial charge on any atom is 0.161 e. The molecule has 0 aliphatic rings. The molecule has 0 spiro atoms. The van der Waals surface area contributed by atoms with Crippen LogP contribution in [0.4, 0.5) is 5.82 Å². The van der Waals surface area contributed by atoms with Gasteiger partial charge in [0, 0.05) is 11.4 Å². The van der Waals surface area contributed by atoms with Gasteiger partial charge in [0.15, 0.2) is 5.65 Å². The van der Waals surface area contributed by atoms with E-state index in [-0.39, 0.29) is 0 Å². The Balaban J connectivity index is 1.91. The Hall–Kier alpha value is -1.86. The molecule has 1 aromatic carbocycles. The number of rotatable bonds is 4. The molecule has 8 heteroatoms. The minimum absolute atomic E-state index is 0.441. The van der Waals surface area contributed by atoms with Crippen molar-refractivity contribution < 1.29 is 4.74 Å². The van der Waals surface area contributed by atoms with Gasteiger partial charge in [-0.2, -0.15) is 5.10 Å². The van der Waals surface area contributed by atoms with Crippen LogP contribution in [0, 0.1) is 13.8 Å². The van der Waals surface area contributed by atoms with Crippen molar-refractivity contribution >= 4 is 44.4 Å². The van der Waals surface area contributed by atoms with E-state index in [0.717, 1.165) is 32.4 Å². The molecule has 24 heavy (non-hydrogen) atoms. The number of nitrogen functional groups attached to an aromatic ring is 1. The first-order chi connectivity index (χ1) is 11.4. The van der Waals surface area contributed by atoms with Crippen molar-refractivity contribution in [2.75, 3.05) is 12.8 Å². The zero-order chi connectivity index (χ0) is 17.4. The molecule has 3 rings (SSSR count). The van der Waals surface area contributed by atoms with E-state index in [4.69, 9.17) is 22.1 Å². The molecule has 0 unspecified atom stereocenters. The van der Waals surface area contributed by atoms with Crippen LogP contribution in [0.3, 0.4) is 0 Å². The van der Waals surface area contributed by atoms with E-state index < -0.39 is 0 Å². The van der Waals surface area contributed by atoms with E-state index >= 15 is 0 Å². The Morgan fingerprint density at radius 1 is 1.29 bits per heavy atom. The number of nitrogens with two attached hydrogens (primary N) is 1. The number of nitrogens with one attached hydrogen (secondary N) is 1. The molecule has 0 saturated heterocycles. The van der Waals surface area contributed by atoms with E-state index in [9.17, 15) is 0 Å². The van der Waals surface area contributed by atoms with Crippen LogP contribution in [0.5, 0.6) is 5.75 Å². The molecule has 6 nitrogen and oxygen atoms in total. The number of aromatic amines is 1.